The number of nitrogen functional groups attached to an aromatic ring is 1. The first-order valence-electron chi connectivity index (χ1n) is 4.13. The zero-order chi connectivity index (χ0) is 9.68. The minimum atomic E-state index is 0.131. The number of rotatable bonds is 3. The van der Waals surface area contributed by atoms with E-state index in [-0.39, 0.29) is 5.75 Å². The smallest absolute Gasteiger partial charge is 0.139 e. The Morgan fingerprint density at radius 2 is 2.31 bits per heavy atom. The monoisotopic (exact) mass is 178 g/mol. The molecule has 0 aliphatic heterocycles. The summed E-state index contributed by atoms with van der Waals surface area (Å²) in [4.78, 5) is 0. The van der Waals surface area contributed by atoms with E-state index in [1.165, 1.54) is 0 Å². The minimum Gasteiger partial charge on any atom is -0.506 e. The van der Waals surface area contributed by atoms with Crippen molar-refractivity contribution in [1.29, 1.82) is 0 Å². The van der Waals surface area contributed by atoms with Gasteiger partial charge in [0, 0.05) is 6.54 Å². The third-order valence-corrected chi connectivity index (χ3v) is 1.69. The molecule has 0 aliphatic carbocycles. The molecule has 3 nitrogen and oxygen atoms in total. The molecule has 0 atom stereocenters. The third-order valence-electron chi connectivity index (χ3n) is 1.69. The maximum Gasteiger partial charge on any atom is 0.139 e. The topological polar surface area (TPSA) is 58.3 Å². The van der Waals surface area contributed by atoms with Crippen LogP contribution in [0.2, 0.25) is 0 Å². The van der Waals surface area contributed by atoms with Crippen LogP contribution in [-0.4, -0.2) is 18.7 Å². The highest BCUT2D eigenvalue weighted by Crippen LogP contribution is 2.21. The van der Waals surface area contributed by atoms with E-state index in [1.54, 1.807) is 12.1 Å². The van der Waals surface area contributed by atoms with Gasteiger partial charge >= 0.3 is 0 Å². The molecule has 0 aliphatic rings. The first-order valence-corrected chi connectivity index (χ1v) is 4.13. The molecule has 13 heavy (non-hydrogen) atoms. The number of nitrogens with two attached hydrogens (primary N) is 1. The van der Waals surface area contributed by atoms with Gasteiger partial charge in [0.05, 0.1) is 5.69 Å². The first kappa shape index (κ1) is 9.61. The highest BCUT2D eigenvalue weighted by molar-refractivity contribution is 5.60. The predicted octanol–water partition coefficient (Wildman–Crippen LogP) is 1.21. The highest BCUT2D eigenvalue weighted by atomic mass is 16.3. The van der Waals surface area contributed by atoms with E-state index in [1.807, 2.05) is 25.3 Å². The van der Waals surface area contributed by atoms with Crippen molar-refractivity contribution >= 4 is 11.8 Å². The van der Waals surface area contributed by atoms with Crippen molar-refractivity contribution in [1.82, 2.24) is 5.32 Å². The van der Waals surface area contributed by atoms with Crippen molar-refractivity contribution in [3.05, 3.63) is 29.8 Å². The molecule has 4 N–H and O–H groups in total. The summed E-state index contributed by atoms with van der Waals surface area (Å²) in [7, 11) is 1.88. The summed E-state index contributed by atoms with van der Waals surface area (Å²) in [5, 5.41) is 12.3. The zero-order valence-electron chi connectivity index (χ0n) is 7.62. The van der Waals surface area contributed by atoms with Gasteiger partial charge in [-0.2, -0.15) is 0 Å². The van der Waals surface area contributed by atoms with Gasteiger partial charge in [-0.1, -0.05) is 18.2 Å². The second kappa shape index (κ2) is 4.52. The summed E-state index contributed by atoms with van der Waals surface area (Å²) in [6.07, 6.45) is 3.90. The van der Waals surface area contributed by atoms with E-state index in [0.29, 0.717) is 5.69 Å². The summed E-state index contributed by atoms with van der Waals surface area (Å²) in [5.41, 5.74) is 6.81. The maximum absolute atomic E-state index is 9.28. The molecule has 0 heterocycles. The second-order valence-corrected chi connectivity index (χ2v) is 2.78. The molecule has 70 valence electrons. The Balaban J connectivity index is 2.73. The van der Waals surface area contributed by atoms with E-state index in [0.717, 1.165) is 12.1 Å². The molecule has 1 aromatic carbocycles. The van der Waals surface area contributed by atoms with E-state index >= 15 is 0 Å². The number of benzene rings is 1. The van der Waals surface area contributed by atoms with Crippen molar-refractivity contribution in [2.24, 2.45) is 0 Å². The van der Waals surface area contributed by atoms with Crippen LogP contribution in [0.4, 0.5) is 5.69 Å². The lowest BCUT2D eigenvalue weighted by Crippen LogP contribution is -2.03. The Bertz CT molecular complexity index is 308. The van der Waals surface area contributed by atoms with Crippen molar-refractivity contribution in [3.8, 4) is 5.75 Å². The van der Waals surface area contributed by atoms with Crippen molar-refractivity contribution in [2.45, 2.75) is 0 Å². The van der Waals surface area contributed by atoms with E-state index in [2.05, 4.69) is 5.32 Å². The molecule has 0 aromatic heterocycles. The fourth-order valence-corrected chi connectivity index (χ4v) is 0.977. The Morgan fingerprint density at radius 3 is 2.92 bits per heavy atom. The molecular weight excluding hydrogens is 164 g/mol. The van der Waals surface area contributed by atoms with Gasteiger partial charge in [0.25, 0.3) is 0 Å². The number of phenols is 1. The standard InChI is InChI=1S/C10H14N2O/c1-12-6-2-3-8-4-5-9(11)10(13)7-8/h2-5,7,12-13H,6,11H2,1H3. The normalized spacial score (nSPS) is 10.8. The van der Waals surface area contributed by atoms with Crippen molar-refractivity contribution in [3.63, 3.8) is 0 Å². The van der Waals surface area contributed by atoms with Crippen LogP contribution in [0.25, 0.3) is 6.08 Å². The Labute approximate surface area is 77.9 Å². The van der Waals surface area contributed by atoms with Crippen LogP contribution in [-0.2, 0) is 0 Å². The molecule has 0 bridgehead atoms. The van der Waals surface area contributed by atoms with Crippen LogP contribution < -0.4 is 11.1 Å². The molecule has 0 saturated heterocycles. The lowest BCUT2D eigenvalue weighted by atomic mass is 10.2. The van der Waals surface area contributed by atoms with E-state index in [9.17, 15) is 5.11 Å². The molecule has 3 heteroatoms. The number of phenolic OH excluding ortho intramolecular Hbond substituents is 1. The van der Waals surface area contributed by atoms with Crippen LogP contribution in [0.15, 0.2) is 24.3 Å². The van der Waals surface area contributed by atoms with Gasteiger partial charge in [0.2, 0.25) is 0 Å². The molecule has 1 aromatic rings. The van der Waals surface area contributed by atoms with Gasteiger partial charge in [-0.05, 0) is 24.7 Å². The van der Waals surface area contributed by atoms with Gasteiger partial charge in [0.1, 0.15) is 5.75 Å². The highest BCUT2D eigenvalue weighted by Gasteiger charge is 1.94. The zero-order valence-corrected chi connectivity index (χ0v) is 7.62. The lowest BCUT2D eigenvalue weighted by molar-refractivity contribution is 0.478. The van der Waals surface area contributed by atoms with Crippen LogP contribution >= 0.6 is 0 Å². The molecule has 0 saturated carbocycles. The van der Waals surface area contributed by atoms with Gasteiger partial charge in [-0.25, -0.2) is 0 Å². The SMILES string of the molecule is CNCC=Cc1ccc(N)c(O)c1. The van der Waals surface area contributed by atoms with E-state index < -0.39 is 0 Å². The minimum absolute atomic E-state index is 0.131. The lowest BCUT2D eigenvalue weighted by Gasteiger charge is -1.99. The number of anilines is 1. The van der Waals surface area contributed by atoms with Crippen LogP contribution in [0.3, 0.4) is 0 Å². The number of likely N-dealkylation sites (N-methyl/N-ethyl adjacent to an activating group) is 1. The van der Waals surface area contributed by atoms with Crippen LogP contribution in [0.1, 0.15) is 5.56 Å². The summed E-state index contributed by atoms with van der Waals surface area (Å²) < 4.78 is 0. The second-order valence-electron chi connectivity index (χ2n) is 2.78. The Morgan fingerprint density at radius 1 is 1.54 bits per heavy atom. The molecule has 1 rings (SSSR count). The van der Waals surface area contributed by atoms with Crippen LogP contribution in [0, 0.1) is 0 Å². The van der Waals surface area contributed by atoms with Crippen LogP contribution in [0.5, 0.6) is 5.75 Å². The van der Waals surface area contributed by atoms with Crippen molar-refractivity contribution in [2.75, 3.05) is 19.3 Å². The quantitative estimate of drug-likeness (QED) is 0.481. The summed E-state index contributed by atoms with van der Waals surface area (Å²) in [6.45, 7) is 0.811. The number of hydrogen-bond acceptors (Lipinski definition) is 3. The third kappa shape index (κ3) is 2.80. The van der Waals surface area contributed by atoms with Crippen molar-refractivity contribution < 1.29 is 5.11 Å². The Kier molecular flexibility index (Phi) is 3.34. The molecule has 0 unspecified atom stereocenters. The number of hydrogen-bond donors (Lipinski definition) is 3. The fourth-order valence-electron chi connectivity index (χ4n) is 0.977. The molecule has 0 amide bonds. The average Bonchev–Trinajstić information content (AvgIpc) is 2.12. The summed E-state index contributed by atoms with van der Waals surface area (Å²) in [6, 6.07) is 5.19. The average molecular weight is 178 g/mol. The maximum atomic E-state index is 9.28. The molecule has 0 fully saturated rings. The van der Waals surface area contributed by atoms with Gasteiger partial charge in [-0.3, -0.25) is 0 Å². The number of nitrogens with one attached hydrogen (secondary N) is 1. The largest absolute Gasteiger partial charge is 0.506 e. The summed E-state index contributed by atoms with van der Waals surface area (Å²) in [5.74, 6) is 0.131. The predicted molar refractivity (Wildman–Crippen MR) is 55.5 cm³/mol. The van der Waals surface area contributed by atoms with E-state index in [4.69, 9.17) is 5.73 Å². The first-order chi connectivity index (χ1) is 6.24. The molecule has 0 radical (unpaired) electrons. The van der Waals surface area contributed by atoms with Gasteiger partial charge in [-0.15, -0.1) is 0 Å². The fraction of sp³-hybridized carbons (Fsp3) is 0.200. The summed E-state index contributed by atoms with van der Waals surface area (Å²) >= 11 is 0. The molecule has 0 spiro atoms. The Hall–Kier alpha value is -1.48. The molecular formula is C10H14N2O. The number of aromatic hydroxyl groups is 1. The van der Waals surface area contributed by atoms with Gasteiger partial charge < -0.3 is 16.2 Å². The van der Waals surface area contributed by atoms with Gasteiger partial charge in [0.15, 0.2) is 0 Å².